The molecule has 0 aliphatic carbocycles. The minimum atomic E-state index is -0.548. The van der Waals surface area contributed by atoms with E-state index in [1.54, 1.807) is 13.0 Å². The molecule has 0 fully saturated rings. The van der Waals surface area contributed by atoms with Crippen molar-refractivity contribution in [3.63, 3.8) is 0 Å². The number of amides is 1. The molecule has 1 aromatic heterocycles. The molecule has 0 bridgehead atoms. The number of methoxy groups -OCH3 is 1. The van der Waals surface area contributed by atoms with Gasteiger partial charge >= 0.3 is 5.97 Å². The normalized spacial score (nSPS) is 11.5. The van der Waals surface area contributed by atoms with E-state index in [-0.39, 0.29) is 11.6 Å². The van der Waals surface area contributed by atoms with Crippen LogP contribution in [0.15, 0.2) is 12.1 Å². The topological polar surface area (TPSA) is 93.2 Å². The van der Waals surface area contributed by atoms with Crippen LogP contribution < -0.4 is 10.6 Å². The molecule has 19 heavy (non-hydrogen) atoms. The smallest absolute Gasteiger partial charge is 0.358 e. The van der Waals surface area contributed by atoms with Gasteiger partial charge in [-0.25, -0.2) is 4.79 Å². The molecule has 0 radical (unpaired) electrons. The van der Waals surface area contributed by atoms with Gasteiger partial charge in [0.2, 0.25) is 5.91 Å². The van der Waals surface area contributed by atoms with E-state index < -0.39 is 12.0 Å². The summed E-state index contributed by atoms with van der Waals surface area (Å²) in [7, 11) is 1.27. The number of carbonyl (C=O) groups is 2. The molecule has 1 amide bonds. The van der Waals surface area contributed by atoms with Gasteiger partial charge in [-0.3, -0.25) is 4.79 Å². The lowest BCUT2D eigenvalue weighted by Crippen LogP contribution is -2.38. The lowest BCUT2D eigenvalue weighted by molar-refractivity contribution is -0.121. The van der Waals surface area contributed by atoms with Crippen LogP contribution >= 0.6 is 0 Å². The Morgan fingerprint density at radius 1 is 1.37 bits per heavy atom. The Labute approximate surface area is 111 Å². The zero-order chi connectivity index (χ0) is 14.3. The van der Waals surface area contributed by atoms with E-state index in [0.717, 1.165) is 6.42 Å². The van der Waals surface area contributed by atoms with Gasteiger partial charge in [0, 0.05) is 6.54 Å². The summed E-state index contributed by atoms with van der Waals surface area (Å²) in [6.07, 6.45) is 0.881. The van der Waals surface area contributed by atoms with Crippen LogP contribution in [-0.2, 0) is 9.53 Å². The van der Waals surface area contributed by atoms with E-state index in [1.807, 2.05) is 6.92 Å². The predicted molar refractivity (Wildman–Crippen MR) is 69.8 cm³/mol. The average Bonchev–Trinajstić information content (AvgIpc) is 2.44. The molecule has 104 valence electrons. The number of nitrogens with one attached hydrogen (secondary N) is 2. The van der Waals surface area contributed by atoms with Crippen LogP contribution in [-0.4, -0.2) is 41.8 Å². The molecule has 1 aromatic rings. The Kier molecular flexibility index (Phi) is 5.72. The van der Waals surface area contributed by atoms with Gasteiger partial charge in [0.05, 0.1) is 7.11 Å². The van der Waals surface area contributed by atoms with Crippen LogP contribution in [0.2, 0.25) is 0 Å². The van der Waals surface area contributed by atoms with Crippen LogP contribution in [0, 0.1) is 0 Å². The second-order valence-electron chi connectivity index (χ2n) is 3.95. The first kappa shape index (κ1) is 14.9. The Bertz CT molecular complexity index is 433. The number of anilines is 1. The highest BCUT2D eigenvalue weighted by atomic mass is 16.5. The summed E-state index contributed by atoms with van der Waals surface area (Å²) in [5, 5.41) is 13.2. The van der Waals surface area contributed by atoms with Crippen LogP contribution in [0.3, 0.4) is 0 Å². The highest BCUT2D eigenvalue weighted by molar-refractivity contribution is 5.87. The van der Waals surface area contributed by atoms with Crippen molar-refractivity contribution in [2.24, 2.45) is 0 Å². The first-order chi connectivity index (χ1) is 9.08. The number of ether oxygens (including phenoxy) is 1. The van der Waals surface area contributed by atoms with Crippen molar-refractivity contribution < 1.29 is 14.3 Å². The third kappa shape index (κ3) is 4.53. The number of hydrogen-bond donors (Lipinski definition) is 2. The van der Waals surface area contributed by atoms with Crippen LogP contribution in [0.25, 0.3) is 0 Å². The van der Waals surface area contributed by atoms with Crippen molar-refractivity contribution in [1.29, 1.82) is 0 Å². The Hall–Kier alpha value is -2.18. The minimum absolute atomic E-state index is 0.110. The highest BCUT2D eigenvalue weighted by Crippen LogP contribution is 2.05. The number of hydrogen-bond acceptors (Lipinski definition) is 6. The summed E-state index contributed by atoms with van der Waals surface area (Å²) in [5.41, 5.74) is 0.121. The van der Waals surface area contributed by atoms with Gasteiger partial charge in [0.15, 0.2) is 5.69 Å². The monoisotopic (exact) mass is 266 g/mol. The molecule has 0 aromatic carbocycles. The number of carbonyl (C=O) groups excluding carboxylic acids is 2. The van der Waals surface area contributed by atoms with E-state index in [1.165, 1.54) is 13.2 Å². The second kappa shape index (κ2) is 7.30. The molecule has 7 nitrogen and oxygen atoms in total. The molecule has 2 N–H and O–H groups in total. The van der Waals surface area contributed by atoms with Crippen LogP contribution in [0.4, 0.5) is 5.82 Å². The standard InChI is InChI=1S/C12H18N4O3/c1-4-7-13-11(17)8(2)14-10-6-5-9(15-16-10)12(18)19-3/h5-6,8H,4,7H2,1-3H3,(H,13,17)(H,14,16). The molecule has 1 atom stereocenters. The molecule has 0 aliphatic heterocycles. The van der Waals surface area contributed by atoms with Gasteiger partial charge in [-0.1, -0.05) is 6.92 Å². The Morgan fingerprint density at radius 3 is 2.63 bits per heavy atom. The first-order valence-electron chi connectivity index (χ1n) is 6.04. The van der Waals surface area contributed by atoms with Crippen molar-refractivity contribution in [2.75, 3.05) is 19.0 Å². The molecular weight excluding hydrogens is 248 g/mol. The number of nitrogens with zero attached hydrogens (tertiary/aromatic N) is 2. The van der Waals surface area contributed by atoms with E-state index in [9.17, 15) is 9.59 Å². The van der Waals surface area contributed by atoms with Crippen molar-refractivity contribution in [1.82, 2.24) is 15.5 Å². The van der Waals surface area contributed by atoms with E-state index in [2.05, 4.69) is 25.6 Å². The molecule has 1 unspecified atom stereocenters. The van der Waals surface area contributed by atoms with E-state index in [4.69, 9.17) is 0 Å². The maximum atomic E-state index is 11.6. The fourth-order valence-corrected chi connectivity index (χ4v) is 1.31. The third-order valence-corrected chi connectivity index (χ3v) is 2.37. The average molecular weight is 266 g/mol. The Morgan fingerprint density at radius 2 is 2.11 bits per heavy atom. The zero-order valence-electron chi connectivity index (χ0n) is 11.3. The maximum absolute atomic E-state index is 11.6. The van der Waals surface area contributed by atoms with Crippen molar-refractivity contribution >= 4 is 17.7 Å². The molecule has 0 saturated carbocycles. The summed E-state index contributed by atoms with van der Waals surface area (Å²) < 4.78 is 4.51. The van der Waals surface area contributed by atoms with Gasteiger partial charge in [-0.15, -0.1) is 10.2 Å². The van der Waals surface area contributed by atoms with Crippen LogP contribution in [0.5, 0.6) is 0 Å². The van der Waals surface area contributed by atoms with Crippen molar-refractivity contribution in [3.05, 3.63) is 17.8 Å². The fourth-order valence-electron chi connectivity index (χ4n) is 1.31. The van der Waals surface area contributed by atoms with Crippen LogP contribution in [0.1, 0.15) is 30.8 Å². The summed E-state index contributed by atoms with van der Waals surface area (Å²) in [4.78, 5) is 22.8. The predicted octanol–water partition coefficient (Wildman–Crippen LogP) is 0.590. The Balaban J connectivity index is 2.57. The van der Waals surface area contributed by atoms with Crippen molar-refractivity contribution in [3.8, 4) is 0 Å². The molecule has 0 aliphatic rings. The van der Waals surface area contributed by atoms with Gasteiger partial charge in [-0.2, -0.15) is 0 Å². The highest BCUT2D eigenvalue weighted by Gasteiger charge is 2.13. The van der Waals surface area contributed by atoms with Gasteiger partial charge in [0.25, 0.3) is 0 Å². The molecule has 1 heterocycles. The fraction of sp³-hybridized carbons (Fsp3) is 0.500. The summed E-state index contributed by atoms with van der Waals surface area (Å²) >= 11 is 0. The summed E-state index contributed by atoms with van der Waals surface area (Å²) in [6.45, 7) is 4.34. The minimum Gasteiger partial charge on any atom is -0.464 e. The largest absolute Gasteiger partial charge is 0.464 e. The lowest BCUT2D eigenvalue weighted by Gasteiger charge is -2.13. The number of esters is 1. The molecule has 7 heteroatoms. The van der Waals surface area contributed by atoms with Gasteiger partial charge in [-0.05, 0) is 25.5 Å². The molecule has 0 saturated heterocycles. The quantitative estimate of drug-likeness (QED) is 0.732. The summed E-state index contributed by atoms with van der Waals surface area (Å²) in [6, 6.07) is 2.63. The van der Waals surface area contributed by atoms with Gasteiger partial charge in [0.1, 0.15) is 11.9 Å². The molecular formula is C12H18N4O3. The van der Waals surface area contributed by atoms with Gasteiger partial charge < -0.3 is 15.4 Å². The molecule has 0 spiro atoms. The van der Waals surface area contributed by atoms with Crippen molar-refractivity contribution in [2.45, 2.75) is 26.3 Å². The SMILES string of the molecule is CCCNC(=O)C(C)Nc1ccc(C(=O)OC)nn1. The zero-order valence-corrected chi connectivity index (χ0v) is 11.3. The second-order valence-corrected chi connectivity index (χ2v) is 3.95. The number of rotatable bonds is 6. The first-order valence-corrected chi connectivity index (χ1v) is 6.04. The molecule has 1 rings (SSSR count). The summed E-state index contributed by atoms with van der Waals surface area (Å²) in [5.74, 6) is -0.236. The number of aromatic nitrogens is 2. The maximum Gasteiger partial charge on any atom is 0.358 e. The third-order valence-electron chi connectivity index (χ3n) is 2.37. The van der Waals surface area contributed by atoms with E-state index in [0.29, 0.717) is 12.4 Å². The lowest BCUT2D eigenvalue weighted by atomic mass is 10.3. The van der Waals surface area contributed by atoms with E-state index >= 15 is 0 Å².